The molecular weight excluding hydrogens is 280 g/mol. The van der Waals surface area contributed by atoms with Crippen LogP contribution in [0.1, 0.15) is 20.3 Å². The molecule has 9 nitrogen and oxygen atoms in total. The molecule has 1 N–H and O–H groups in total. The SMILES string of the molecule is COC(=O)CC(=O)N1C(=O)N(C)[C@]2(C)N(C)C(=O)N[C@]12C. The van der Waals surface area contributed by atoms with E-state index < -0.39 is 41.7 Å². The molecule has 0 saturated carbocycles. The van der Waals surface area contributed by atoms with Crippen molar-refractivity contribution in [2.45, 2.75) is 31.6 Å². The largest absolute Gasteiger partial charge is 0.469 e. The molecule has 2 atom stereocenters. The summed E-state index contributed by atoms with van der Waals surface area (Å²) in [6.07, 6.45) is -0.568. The molecule has 0 bridgehead atoms. The van der Waals surface area contributed by atoms with Gasteiger partial charge in [0.1, 0.15) is 6.42 Å². The van der Waals surface area contributed by atoms with Crippen molar-refractivity contribution >= 4 is 23.9 Å². The predicted molar refractivity (Wildman–Crippen MR) is 69.7 cm³/mol. The van der Waals surface area contributed by atoms with Gasteiger partial charge in [0.15, 0.2) is 11.3 Å². The van der Waals surface area contributed by atoms with Crippen LogP contribution in [-0.2, 0) is 14.3 Å². The van der Waals surface area contributed by atoms with Crippen LogP contribution < -0.4 is 5.32 Å². The minimum Gasteiger partial charge on any atom is -0.469 e. The van der Waals surface area contributed by atoms with E-state index in [9.17, 15) is 19.2 Å². The van der Waals surface area contributed by atoms with Gasteiger partial charge in [-0.05, 0) is 13.8 Å². The van der Waals surface area contributed by atoms with Crippen LogP contribution in [0, 0.1) is 0 Å². The average molecular weight is 298 g/mol. The van der Waals surface area contributed by atoms with Crippen molar-refractivity contribution in [2.75, 3.05) is 21.2 Å². The molecule has 9 heteroatoms. The predicted octanol–water partition coefficient (Wildman–Crippen LogP) is -0.469. The van der Waals surface area contributed by atoms with Gasteiger partial charge < -0.3 is 19.9 Å². The molecule has 2 saturated heterocycles. The standard InChI is InChI=1S/C12H18N4O5/c1-11-12(2,14(3)9(19)13-11)15(4)10(20)16(11)7(17)6-8(18)21-5/h6H2,1-5H3,(H,13,19)/t11-,12+/m1/s1. The molecule has 5 amide bonds. The molecule has 2 heterocycles. The lowest BCUT2D eigenvalue weighted by molar-refractivity contribution is -0.147. The van der Waals surface area contributed by atoms with Crippen molar-refractivity contribution in [3.05, 3.63) is 0 Å². The molecule has 0 aromatic heterocycles. The summed E-state index contributed by atoms with van der Waals surface area (Å²) in [7, 11) is 4.20. The monoisotopic (exact) mass is 298 g/mol. The first-order valence-corrected chi connectivity index (χ1v) is 6.35. The van der Waals surface area contributed by atoms with Crippen molar-refractivity contribution in [3.8, 4) is 0 Å². The molecular formula is C12H18N4O5. The summed E-state index contributed by atoms with van der Waals surface area (Å²) in [5.74, 6) is -1.47. The number of rotatable bonds is 2. The van der Waals surface area contributed by atoms with Crippen LogP contribution in [0.5, 0.6) is 0 Å². The van der Waals surface area contributed by atoms with E-state index >= 15 is 0 Å². The maximum Gasteiger partial charge on any atom is 0.330 e. The maximum absolute atomic E-state index is 12.4. The minimum absolute atomic E-state index is 0.407. The number of imide groups is 1. The number of amides is 5. The van der Waals surface area contributed by atoms with Crippen molar-refractivity contribution < 1.29 is 23.9 Å². The average Bonchev–Trinajstić information content (AvgIpc) is 2.68. The van der Waals surface area contributed by atoms with Gasteiger partial charge in [-0.2, -0.15) is 0 Å². The van der Waals surface area contributed by atoms with Crippen LogP contribution in [0.4, 0.5) is 9.59 Å². The molecule has 21 heavy (non-hydrogen) atoms. The van der Waals surface area contributed by atoms with Gasteiger partial charge in [0, 0.05) is 14.1 Å². The van der Waals surface area contributed by atoms with Crippen LogP contribution in [0.25, 0.3) is 0 Å². The summed E-state index contributed by atoms with van der Waals surface area (Å²) in [6, 6.07) is -0.990. The number of carbonyl (C=O) groups excluding carboxylic acids is 4. The second-order valence-electron chi connectivity index (χ2n) is 5.41. The Labute approximate surface area is 121 Å². The molecule has 0 radical (unpaired) electrons. The first-order chi connectivity index (χ1) is 9.61. The first kappa shape index (κ1) is 15.1. The van der Waals surface area contributed by atoms with Gasteiger partial charge in [0.05, 0.1) is 7.11 Å². The second-order valence-corrected chi connectivity index (χ2v) is 5.41. The van der Waals surface area contributed by atoms with E-state index in [-0.39, 0.29) is 0 Å². The Bertz CT molecular complexity index is 550. The fraction of sp³-hybridized carbons (Fsp3) is 0.667. The van der Waals surface area contributed by atoms with Gasteiger partial charge in [-0.15, -0.1) is 0 Å². The van der Waals surface area contributed by atoms with E-state index in [1.165, 1.54) is 16.8 Å². The fourth-order valence-electron chi connectivity index (χ4n) is 2.91. The van der Waals surface area contributed by atoms with Gasteiger partial charge in [0.25, 0.3) is 0 Å². The number of urea groups is 2. The number of carbonyl (C=O) groups is 4. The molecule has 2 rings (SSSR count). The maximum atomic E-state index is 12.4. The number of fused-ring (bicyclic) bond motifs is 1. The smallest absolute Gasteiger partial charge is 0.330 e. The molecule has 0 aromatic carbocycles. The van der Waals surface area contributed by atoms with Crippen LogP contribution in [-0.4, -0.2) is 71.2 Å². The number of likely N-dealkylation sites (N-methyl/N-ethyl adjacent to an activating group) is 2. The number of esters is 1. The molecule has 2 aliphatic heterocycles. The third-order valence-corrected chi connectivity index (χ3v) is 4.58. The van der Waals surface area contributed by atoms with Crippen molar-refractivity contribution in [2.24, 2.45) is 0 Å². The van der Waals surface area contributed by atoms with E-state index in [0.717, 1.165) is 12.0 Å². The highest BCUT2D eigenvalue weighted by Gasteiger charge is 2.70. The molecule has 0 aliphatic carbocycles. The van der Waals surface area contributed by atoms with Crippen molar-refractivity contribution in [3.63, 3.8) is 0 Å². The number of nitrogens with one attached hydrogen (secondary N) is 1. The Balaban J connectivity index is 2.44. The summed E-state index contributed by atoms with van der Waals surface area (Å²) in [5, 5.41) is 2.64. The summed E-state index contributed by atoms with van der Waals surface area (Å²) < 4.78 is 4.45. The van der Waals surface area contributed by atoms with Gasteiger partial charge >= 0.3 is 18.0 Å². The highest BCUT2D eigenvalue weighted by atomic mass is 16.5. The van der Waals surface area contributed by atoms with Crippen molar-refractivity contribution in [1.29, 1.82) is 0 Å². The Hall–Kier alpha value is -2.32. The lowest BCUT2D eigenvalue weighted by Gasteiger charge is -2.40. The molecule has 116 valence electrons. The Morgan fingerprint density at radius 3 is 2.29 bits per heavy atom. The van der Waals surface area contributed by atoms with Crippen LogP contribution >= 0.6 is 0 Å². The zero-order valence-electron chi connectivity index (χ0n) is 12.6. The number of methoxy groups -OCH3 is 1. The van der Waals surface area contributed by atoms with Gasteiger partial charge in [-0.25, -0.2) is 14.5 Å². The third kappa shape index (κ3) is 1.63. The molecule has 2 fully saturated rings. The zero-order valence-corrected chi connectivity index (χ0v) is 12.6. The lowest BCUT2D eigenvalue weighted by atomic mass is 9.97. The number of ether oxygens (including phenoxy) is 1. The normalized spacial score (nSPS) is 31.4. The highest BCUT2D eigenvalue weighted by molar-refractivity contribution is 6.05. The fourth-order valence-corrected chi connectivity index (χ4v) is 2.91. The van der Waals surface area contributed by atoms with Crippen molar-refractivity contribution in [1.82, 2.24) is 20.0 Å². The Morgan fingerprint density at radius 2 is 1.76 bits per heavy atom. The molecule has 2 aliphatic rings. The van der Waals surface area contributed by atoms with E-state index in [0.29, 0.717) is 0 Å². The summed E-state index contributed by atoms with van der Waals surface area (Å²) in [6.45, 7) is 3.25. The van der Waals surface area contributed by atoms with E-state index in [1.807, 2.05) is 0 Å². The molecule has 0 spiro atoms. The lowest BCUT2D eigenvalue weighted by Crippen LogP contribution is -2.64. The summed E-state index contributed by atoms with van der Waals surface area (Å²) >= 11 is 0. The quantitative estimate of drug-likeness (QED) is 0.549. The second kappa shape index (κ2) is 4.34. The Morgan fingerprint density at radius 1 is 1.19 bits per heavy atom. The first-order valence-electron chi connectivity index (χ1n) is 6.35. The zero-order chi connectivity index (χ0) is 16.2. The van der Waals surface area contributed by atoms with E-state index in [4.69, 9.17) is 0 Å². The van der Waals surface area contributed by atoms with Gasteiger partial charge in [0.2, 0.25) is 5.91 Å². The minimum atomic E-state index is -1.27. The van der Waals surface area contributed by atoms with Crippen LogP contribution in [0.3, 0.4) is 0 Å². The van der Waals surface area contributed by atoms with E-state index in [2.05, 4.69) is 10.1 Å². The third-order valence-electron chi connectivity index (χ3n) is 4.58. The number of hydrogen-bond acceptors (Lipinski definition) is 5. The topological polar surface area (TPSA) is 99.3 Å². The number of nitrogens with zero attached hydrogens (tertiary/aromatic N) is 3. The molecule has 0 aromatic rings. The summed E-state index contributed by atoms with van der Waals surface area (Å²) in [4.78, 5) is 51.5. The van der Waals surface area contributed by atoms with E-state index in [1.54, 1.807) is 20.9 Å². The van der Waals surface area contributed by atoms with Gasteiger partial charge in [-0.3, -0.25) is 9.59 Å². The van der Waals surface area contributed by atoms with Gasteiger partial charge in [-0.1, -0.05) is 0 Å². The summed E-state index contributed by atoms with van der Waals surface area (Å²) in [5.41, 5.74) is -2.32. The highest BCUT2D eigenvalue weighted by Crippen LogP contribution is 2.44. The molecule has 0 unspecified atom stereocenters. The van der Waals surface area contributed by atoms with Crippen LogP contribution in [0.15, 0.2) is 0 Å². The van der Waals surface area contributed by atoms with Crippen LogP contribution in [0.2, 0.25) is 0 Å². The number of hydrogen-bond donors (Lipinski definition) is 1. The Kier molecular flexibility index (Phi) is 3.11.